The first-order chi connectivity index (χ1) is 16.8. The van der Waals surface area contributed by atoms with Crippen LogP contribution in [0.5, 0.6) is 0 Å². The predicted octanol–water partition coefficient (Wildman–Crippen LogP) is 7.09. The van der Waals surface area contributed by atoms with Gasteiger partial charge in [-0.05, 0) is 60.2 Å². The molecule has 0 saturated carbocycles. The number of likely N-dealkylation sites (N-methyl/N-ethyl adjacent to an activating group) is 1. The minimum Gasteiger partial charge on any atom is -0.261 e. The zero-order valence-electron chi connectivity index (χ0n) is 19.3. The number of aryl methyl sites for hydroxylation is 1. The van der Waals surface area contributed by atoms with Crippen LogP contribution in [0.2, 0.25) is 10.0 Å². The summed E-state index contributed by atoms with van der Waals surface area (Å²) in [6.07, 6.45) is 3.27. The number of nitrogens with zero attached hydrogens (tertiary/aromatic N) is 2. The van der Waals surface area contributed by atoms with E-state index in [1.54, 1.807) is 43.4 Å². The lowest BCUT2D eigenvalue weighted by Gasteiger charge is -2.25. The number of hydrogen-bond donors (Lipinski definition) is 0. The summed E-state index contributed by atoms with van der Waals surface area (Å²) in [6.45, 7) is 0.303. The molecule has 0 aliphatic rings. The number of sulfonamides is 1. The molecule has 0 amide bonds. The van der Waals surface area contributed by atoms with Gasteiger partial charge in [-0.3, -0.25) is 4.98 Å². The zero-order chi connectivity index (χ0) is 24.8. The van der Waals surface area contributed by atoms with Crippen LogP contribution in [0.1, 0.15) is 23.6 Å². The van der Waals surface area contributed by atoms with Crippen LogP contribution in [0, 0.1) is 0 Å². The molecule has 0 bridgehead atoms. The molecule has 0 N–H and O–H groups in total. The zero-order valence-corrected chi connectivity index (χ0v) is 21.6. The summed E-state index contributed by atoms with van der Waals surface area (Å²) >= 11 is 12.4. The van der Waals surface area contributed by atoms with Gasteiger partial charge in [0.25, 0.3) is 0 Å². The number of halogens is 2. The highest BCUT2D eigenvalue weighted by Crippen LogP contribution is 2.31. The van der Waals surface area contributed by atoms with Crippen molar-refractivity contribution in [3.8, 4) is 11.1 Å². The van der Waals surface area contributed by atoms with E-state index in [-0.39, 0.29) is 10.8 Å². The van der Waals surface area contributed by atoms with Gasteiger partial charge in [0, 0.05) is 31.0 Å². The van der Waals surface area contributed by atoms with Crippen LogP contribution in [-0.2, 0) is 16.4 Å². The van der Waals surface area contributed by atoms with E-state index in [4.69, 9.17) is 23.2 Å². The number of benzene rings is 3. The van der Waals surface area contributed by atoms with E-state index < -0.39 is 10.0 Å². The molecule has 4 rings (SSSR count). The van der Waals surface area contributed by atoms with Crippen molar-refractivity contribution < 1.29 is 8.42 Å². The summed E-state index contributed by atoms with van der Waals surface area (Å²) < 4.78 is 27.7. The molecule has 7 heteroatoms. The molecule has 4 aromatic rings. The molecule has 1 unspecified atom stereocenters. The SMILES string of the molecule is CN(CC(CCc1ccc(-c2ccccc2)cn1)c1ccc(Cl)c(Cl)c1)S(=O)(=O)c1ccccc1. The molecular weight excluding hydrogens is 499 g/mol. The molecule has 4 nitrogen and oxygen atoms in total. The molecule has 1 atom stereocenters. The highest BCUT2D eigenvalue weighted by atomic mass is 35.5. The summed E-state index contributed by atoms with van der Waals surface area (Å²) in [5.74, 6) is -0.0937. The van der Waals surface area contributed by atoms with Crippen molar-refractivity contribution in [3.05, 3.63) is 118 Å². The highest BCUT2D eigenvalue weighted by Gasteiger charge is 2.25. The monoisotopic (exact) mass is 524 g/mol. The van der Waals surface area contributed by atoms with Gasteiger partial charge in [0.1, 0.15) is 0 Å². The summed E-state index contributed by atoms with van der Waals surface area (Å²) in [5.41, 5.74) is 4.07. The Morgan fingerprint density at radius 1 is 0.829 bits per heavy atom. The molecule has 0 aliphatic heterocycles. The fourth-order valence-corrected chi connectivity index (χ4v) is 5.55. The Bertz CT molecular complexity index is 1360. The van der Waals surface area contributed by atoms with Crippen LogP contribution < -0.4 is 0 Å². The Morgan fingerprint density at radius 3 is 2.14 bits per heavy atom. The Kier molecular flexibility index (Phi) is 8.24. The van der Waals surface area contributed by atoms with E-state index in [2.05, 4.69) is 23.2 Å². The second kappa shape index (κ2) is 11.4. The van der Waals surface area contributed by atoms with Crippen molar-refractivity contribution in [2.75, 3.05) is 13.6 Å². The van der Waals surface area contributed by atoms with Crippen molar-refractivity contribution in [1.82, 2.24) is 9.29 Å². The van der Waals surface area contributed by atoms with Crippen molar-refractivity contribution >= 4 is 33.2 Å². The lowest BCUT2D eigenvalue weighted by atomic mass is 9.93. The Balaban J connectivity index is 1.54. The molecule has 0 spiro atoms. The van der Waals surface area contributed by atoms with Gasteiger partial charge < -0.3 is 0 Å². The molecular formula is C28H26Cl2N2O2S. The lowest BCUT2D eigenvalue weighted by Crippen LogP contribution is -2.31. The number of rotatable bonds is 9. The lowest BCUT2D eigenvalue weighted by molar-refractivity contribution is 0.424. The fourth-order valence-electron chi connectivity index (χ4n) is 4.01. The highest BCUT2D eigenvalue weighted by molar-refractivity contribution is 7.89. The van der Waals surface area contributed by atoms with E-state index in [0.717, 1.165) is 22.4 Å². The first-order valence-electron chi connectivity index (χ1n) is 11.3. The molecule has 180 valence electrons. The van der Waals surface area contributed by atoms with Crippen LogP contribution >= 0.6 is 23.2 Å². The summed E-state index contributed by atoms with van der Waals surface area (Å²) in [4.78, 5) is 4.92. The van der Waals surface area contributed by atoms with E-state index in [1.807, 2.05) is 42.6 Å². The molecule has 0 aliphatic carbocycles. The van der Waals surface area contributed by atoms with Crippen LogP contribution in [0.25, 0.3) is 11.1 Å². The average Bonchev–Trinajstić information content (AvgIpc) is 2.89. The summed E-state index contributed by atoms with van der Waals surface area (Å²) in [5, 5.41) is 0.922. The van der Waals surface area contributed by atoms with E-state index in [0.29, 0.717) is 29.4 Å². The van der Waals surface area contributed by atoms with Crippen molar-refractivity contribution in [1.29, 1.82) is 0 Å². The summed E-state index contributed by atoms with van der Waals surface area (Å²) in [7, 11) is -2.01. The quantitative estimate of drug-likeness (QED) is 0.234. The minimum atomic E-state index is -3.62. The largest absolute Gasteiger partial charge is 0.261 e. The van der Waals surface area contributed by atoms with Crippen LogP contribution in [0.3, 0.4) is 0 Å². The number of pyridine rings is 1. The average molecular weight is 526 g/mol. The maximum absolute atomic E-state index is 13.1. The Labute approximate surface area is 217 Å². The van der Waals surface area contributed by atoms with Crippen molar-refractivity contribution in [3.63, 3.8) is 0 Å². The molecule has 0 radical (unpaired) electrons. The van der Waals surface area contributed by atoms with Gasteiger partial charge in [0.15, 0.2) is 0 Å². The number of hydrogen-bond acceptors (Lipinski definition) is 3. The van der Waals surface area contributed by atoms with Gasteiger partial charge in [-0.25, -0.2) is 12.7 Å². The number of aromatic nitrogens is 1. The second-order valence-corrected chi connectivity index (χ2v) is 11.3. The predicted molar refractivity (Wildman–Crippen MR) is 143 cm³/mol. The first kappa shape index (κ1) is 25.4. The topological polar surface area (TPSA) is 50.3 Å². The second-order valence-electron chi connectivity index (χ2n) is 8.41. The van der Waals surface area contributed by atoms with E-state index >= 15 is 0 Å². The van der Waals surface area contributed by atoms with Gasteiger partial charge in [-0.1, -0.05) is 83.9 Å². The Hall–Kier alpha value is -2.70. The maximum atomic E-state index is 13.1. The third-order valence-electron chi connectivity index (χ3n) is 6.02. The van der Waals surface area contributed by atoms with Gasteiger partial charge >= 0.3 is 0 Å². The van der Waals surface area contributed by atoms with Crippen molar-refractivity contribution in [2.45, 2.75) is 23.7 Å². The third kappa shape index (κ3) is 6.30. The standard InChI is InChI=1S/C28H26Cl2N2O2S/c1-32(35(33,34)26-10-6-3-7-11-26)20-24(22-14-17-27(29)28(30)18-22)13-16-25-15-12-23(19-31-25)21-8-4-2-5-9-21/h2-12,14-15,17-19,24H,13,16,20H2,1H3. The first-order valence-corrected chi connectivity index (χ1v) is 13.5. The molecule has 1 heterocycles. The minimum absolute atomic E-state index is 0.0937. The van der Waals surface area contributed by atoms with Crippen LogP contribution in [0.4, 0.5) is 0 Å². The Morgan fingerprint density at radius 2 is 1.51 bits per heavy atom. The van der Waals surface area contributed by atoms with Crippen LogP contribution in [0.15, 0.2) is 102 Å². The third-order valence-corrected chi connectivity index (χ3v) is 8.60. The molecule has 0 fully saturated rings. The van der Waals surface area contributed by atoms with Gasteiger partial charge in [-0.15, -0.1) is 0 Å². The maximum Gasteiger partial charge on any atom is 0.242 e. The fraction of sp³-hybridized carbons (Fsp3) is 0.179. The van der Waals surface area contributed by atoms with Gasteiger partial charge in [0.05, 0.1) is 14.9 Å². The van der Waals surface area contributed by atoms with Crippen molar-refractivity contribution in [2.24, 2.45) is 0 Å². The van der Waals surface area contributed by atoms with Gasteiger partial charge in [-0.2, -0.15) is 0 Å². The molecule has 3 aromatic carbocycles. The smallest absolute Gasteiger partial charge is 0.242 e. The summed E-state index contributed by atoms with van der Waals surface area (Å²) in [6, 6.07) is 28.2. The van der Waals surface area contributed by atoms with Crippen LogP contribution in [-0.4, -0.2) is 31.3 Å². The molecule has 1 aromatic heterocycles. The van der Waals surface area contributed by atoms with E-state index in [1.165, 1.54) is 4.31 Å². The normalized spacial score (nSPS) is 12.6. The van der Waals surface area contributed by atoms with Gasteiger partial charge in [0.2, 0.25) is 10.0 Å². The molecule has 0 saturated heterocycles. The van der Waals surface area contributed by atoms with E-state index in [9.17, 15) is 8.42 Å². The molecule has 35 heavy (non-hydrogen) atoms.